The lowest BCUT2D eigenvalue weighted by atomic mass is 10.1. The molecule has 0 N–H and O–H groups in total. The topological polar surface area (TPSA) is 36.7 Å². The molecule has 86 valence electrons. The highest BCUT2D eigenvalue weighted by atomic mass is 32.1. The van der Waals surface area contributed by atoms with Crippen molar-refractivity contribution in [1.82, 2.24) is 4.98 Å². The Bertz CT molecular complexity index is 704. The number of benzene rings is 2. The van der Waals surface area contributed by atoms with E-state index >= 15 is 0 Å². The molecule has 0 unspecified atom stereocenters. The molecule has 3 aromatic rings. The van der Waals surface area contributed by atoms with E-state index in [9.17, 15) is 0 Å². The maximum Gasteiger partial charge on any atom is 0.0991 e. The third-order valence-electron chi connectivity index (χ3n) is 2.75. The van der Waals surface area contributed by atoms with Crippen LogP contribution in [0.3, 0.4) is 0 Å². The Kier molecular flexibility index (Phi) is 2.79. The standard InChI is InChI=1S/C15H10N2S/c16-10-12-5-3-4-11(8-12)9-15-17-13-6-1-2-7-14(13)18-15/h1-8H,9H2. The lowest BCUT2D eigenvalue weighted by Gasteiger charge is -1.97. The van der Waals surface area contributed by atoms with Gasteiger partial charge >= 0.3 is 0 Å². The molecule has 0 fully saturated rings. The zero-order chi connectivity index (χ0) is 12.4. The summed E-state index contributed by atoms with van der Waals surface area (Å²) < 4.78 is 1.21. The molecular formula is C15H10N2S. The highest BCUT2D eigenvalue weighted by Crippen LogP contribution is 2.23. The Morgan fingerprint density at radius 3 is 2.83 bits per heavy atom. The Balaban J connectivity index is 1.94. The second-order valence-electron chi connectivity index (χ2n) is 4.06. The second kappa shape index (κ2) is 4.59. The highest BCUT2D eigenvalue weighted by Gasteiger charge is 2.04. The maximum atomic E-state index is 8.88. The minimum Gasteiger partial charge on any atom is -0.241 e. The molecule has 0 amide bonds. The molecule has 3 rings (SSSR count). The van der Waals surface area contributed by atoms with E-state index < -0.39 is 0 Å². The lowest BCUT2D eigenvalue weighted by Crippen LogP contribution is -1.87. The van der Waals surface area contributed by atoms with Crippen molar-refractivity contribution in [1.29, 1.82) is 5.26 Å². The van der Waals surface area contributed by atoms with Gasteiger partial charge in [-0.25, -0.2) is 4.98 Å². The van der Waals surface area contributed by atoms with Gasteiger partial charge < -0.3 is 0 Å². The van der Waals surface area contributed by atoms with Crippen molar-refractivity contribution in [2.45, 2.75) is 6.42 Å². The van der Waals surface area contributed by atoms with Crippen molar-refractivity contribution >= 4 is 21.6 Å². The quantitative estimate of drug-likeness (QED) is 0.694. The third-order valence-corrected chi connectivity index (χ3v) is 3.79. The fourth-order valence-electron chi connectivity index (χ4n) is 1.92. The van der Waals surface area contributed by atoms with E-state index in [1.807, 2.05) is 42.5 Å². The molecule has 2 nitrogen and oxygen atoms in total. The number of nitriles is 1. The highest BCUT2D eigenvalue weighted by molar-refractivity contribution is 7.18. The zero-order valence-corrected chi connectivity index (χ0v) is 10.4. The van der Waals surface area contributed by atoms with Gasteiger partial charge in [0.2, 0.25) is 0 Å². The molecule has 0 aliphatic carbocycles. The summed E-state index contributed by atoms with van der Waals surface area (Å²) in [7, 11) is 0. The molecule has 0 radical (unpaired) electrons. The minimum atomic E-state index is 0.702. The largest absolute Gasteiger partial charge is 0.241 e. The van der Waals surface area contributed by atoms with E-state index in [1.54, 1.807) is 11.3 Å². The van der Waals surface area contributed by atoms with Crippen LogP contribution in [-0.4, -0.2) is 4.98 Å². The van der Waals surface area contributed by atoms with Gasteiger partial charge in [0.1, 0.15) is 0 Å². The Morgan fingerprint density at radius 1 is 1.11 bits per heavy atom. The molecule has 0 atom stereocenters. The molecule has 0 aliphatic heterocycles. The normalized spacial score (nSPS) is 10.4. The first-order chi connectivity index (χ1) is 8.85. The van der Waals surface area contributed by atoms with Crippen molar-refractivity contribution in [3.63, 3.8) is 0 Å². The Morgan fingerprint density at radius 2 is 2.00 bits per heavy atom. The van der Waals surface area contributed by atoms with Crippen LogP contribution in [0.5, 0.6) is 0 Å². The number of aromatic nitrogens is 1. The monoisotopic (exact) mass is 250 g/mol. The van der Waals surface area contributed by atoms with Gasteiger partial charge in [-0.1, -0.05) is 24.3 Å². The first kappa shape index (κ1) is 10.9. The molecule has 0 saturated carbocycles. The van der Waals surface area contributed by atoms with E-state index in [1.165, 1.54) is 4.70 Å². The smallest absolute Gasteiger partial charge is 0.0991 e. The first-order valence-electron chi connectivity index (χ1n) is 5.68. The average molecular weight is 250 g/mol. The molecular weight excluding hydrogens is 240 g/mol. The van der Waals surface area contributed by atoms with Crippen LogP contribution < -0.4 is 0 Å². The summed E-state index contributed by atoms with van der Waals surface area (Å²) in [5.74, 6) is 0. The van der Waals surface area contributed by atoms with Crippen LogP contribution in [0.25, 0.3) is 10.2 Å². The number of thiazole rings is 1. The van der Waals surface area contributed by atoms with Crippen molar-refractivity contribution < 1.29 is 0 Å². The van der Waals surface area contributed by atoms with E-state index in [-0.39, 0.29) is 0 Å². The van der Waals surface area contributed by atoms with Crippen LogP contribution in [0.2, 0.25) is 0 Å². The minimum absolute atomic E-state index is 0.702. The van der Waals surface area contributed by atoms with Crippen LogP contribution in [0, 0.1) is 11.3 Å². The molecule has 0 aliphatic rings. The second-order valence-corrected chi connectivity index (χ2v) is 5.18. The van der Waals surface area contributed by atoms with Gasteiger partial charge in [-0.2, -0.15) is 5.26 Å². The Hall–Kier alpha value is -2.18. The predicted octanol–water partition coefficient (Wildman–Crippen LogP) is 3.76. The van der Waals surface area contributed by atoms with Gasteiger partial charge in [0.05, 0.1) is 26.9 Å². The molecule has 1 aromatic heterocycles. The van der Waals surface area contributed by atoms with E-state index in [0.29, 0.717) is 5.56 Å². The summed E-state index contributed by atoms with van der Waals surface area (Å²) >= 11 is 1.71. The number of rotatable bonds is 2. The molecule has 0 bridgehead atoms. The zero-order valence-electron chi connectivity index (χ0n) is 9.63. The molecule has 0 saturated heterocycles. The third kappa shape index (κ3) is 2.11. The fourth-order valence-corrected chi connectivity index (χ4v) is 2.92. The number of hydrogen-bond donors (Lipinski definition) is 0. The van der Waals surface area contributed by atoms with Crippen molar-refractivity contribution in [2.24, 2.45) is 0 Å². The van der Waals surface area contributed by atoms with Crippen molar-refractivity contribution in [2.75, 3.05) is 0 Å². The van der Waals surface area contributed by atoms with E-state index in [0.717, 1.165) is 22.5 Å². The number of hydrogen-bond acceptors (Lipinski definition) is 3. The summed E-state index contributed by atoms with van der Waals surface area (Å²) in [5, 5.41) is 9.97. The molecule has 0 spiro atoms. The molecule has 18 heavy (non-hydrogen) atoms. The van der Waals surface area contributed by atoms with Crippen molar-refractivity contribution in [3.8, 4) is 6.07 Å². The molecule has 3 heteroatoms. The van der Waals surface area contributed by atoms with Gasteiger partial charge in [0.15, 0.2) is 0 Å². The number of nitrogens with zero attached hydrogens (tertiary/aromatic N) is 2. The summed E-state index contributed by atoms with van der Waals surface area (Å²) in [6.07, 6.45) is 0.787. The van der Waals surface area contributed by atoms with Gasteiger partial charge in [-0.15, -0.1) is 11.3 Å². The van der Waals surface area contributed by atoms with Gasteiger partial charge in [0, 0.05) is 6.42 Å². The molecule has 1 heterocycles. The van der Waals surface area contributed by atoms with Crippen molar-refractivity contribution in [3.05, 3.63) is 64.7 Å². The van der Waals surface area contributed by atoms with Crippen LogP contribution in [0.1, 0.15) is 16.1 Å². The average Bonchev–Trinajstić information content (AvgIpc) is 2.81. The molecule has 2 aromatic carbocycles. The van der Waals surface area contributed by atoms with E-state index in [4.69, 9.17) is 5.26 Å². The number of para-hydroxylation sites is 1. The van der Waals surface area contributed by atoms with Crippen LogP contribution in [-0.2, 0) is 6.42 Å². The van der Waals surface area contributed by atoms with E-state index in [2.05, 4.69) is 17.1 Å². The first-order valence-corrected chi connectivity index (χ1v) is 6.50. The van der Waals surface area contributed by atoms with Crippen LogP contribution >= 0.6 is 11.3 Å². The maximum absolute atomic E-state index is 8.88. The van der Waals surface area contributed by atoms with Crippen LogP contribution in [0.15, 0.2) is 48.5 Å². The van der Waals surface area contributed by atoms with Gasteiger partial charge in [0.25, 0.3) is 0 Å². The summed E-state index contributed by atoms with van der Waals surface area (Å²) in [5.41, 5.74) is 2.88. The summed E-state index contributed by atoms with van der Waals surface area (Å²) in [6.45, 7) is 0. The van der Waals surface area contributed by atoms with Gasteiger partial charge in [-0.3, -0.25) is 0 Å². The lowest BCUT2D eigenvalue weighted by molar-refractivity contribution is 1.15. The summed E-state index contributed by atoms with van der Waals surface area (Å²) in [6, 6.07) is 18.0. The van der Waals surface area contributed by atoms with Crippen LogP contribution in [0.4, 0.5) is 0 Å². The van der Waals surface area contributed by atoms with Gasteiger partial charge in [-0.05, 0) is 29.8 Å². The predicted molar refractivity (Wildman–Crippen MR) is 73.6 cm³/mol. The number of fused-ring (bicyclic) bond motifs is 1. The Labute approximate surface area is 109 Å². The fraction of sp³-hybridized carbons (Fsp3) is 0.0667. The SMILES string of the molecule is N#Cc1cccc(Cc2nc3ccccc3s2)c1. The summed E-state index contributed by atoms with van der Waals surface area (Å²) in [4.78, 5) is 4.60.